The van der Waals surface area contributed by atoms with Crippen LogP contribution in [0.1, 0.15) is 16.7 Å². The number of ether oxygens (including phenoxy) is 1. The first-order valence-electron chi connectivity index (χ1n) is 9.65. The number of thioether (sulfide) groups is 1. The molecule has 0 fully saturated rings. The fourth-order valence-corrected chi connectivity index (χ4v) is 4.23. The third-order valence-electron chi connectivity index (χ3n) is 4.94. The number of aromatic nitrogens is 1. The summed E-state index contributed by atoms with van der Waals surface area (Å²) >= 11 is 1.53. The van der Waals surface area contributed by atoms with E-state index in [2.05, 4.69) is 60.2 Å². The molecule has 0 spiro atoms. The summed E-state index contributed by atoms with van der Waals surface area (Å²) in [5.41, 5.74) is 4.76. The highest BCUT2D eigenvalue weighted by molar-refractivity contribution is 8.00. The fraction of sp³-hybridized carbons (Fsp3) is 0.160. The van der Waals surface area contributed by atoms with Gasteiger partial charge in [0.2, 0.25) is 0 Å². The molecule has 0 aliphatic heterocycles. The van der Waals surface area contributed by atoms with Crippen molar-refractivity contribution in [2.75, 3.05) is 5.75 Å². The molecule has 0 radical (unpaired) electrons. The first-order chi connectivity index (χ1) is 14.2. The molecule has 1 heterocycles. The zero-order valence-corrected chi connectivity index (χ0v) is 17.2. The molecule has 146 valence electrons. The van der Waals surface area contributed by atoms with E-state index in [1.54, 1.807) is 0 Å². The van der Waals surface area contributed by atoms with Gasteiger partial charge in [-0.1, -0.05) is 72.8 Å². The molecule has 0 unspecified atom stereocenters. The molecular weight excluding hydrogens is 378 g/mol. The van der Waals surface area contributed by atoms with Crippen LogP contribution in [0, 0.1) is 6.92 Å². The first kappa shape index (κ1) is 19.3. The number of aryl methyl sites for hydroxylation is 1. The number of carbonyl (C=O) groups excluding carboxylic acids is 1. The molecule has 4 rings (SSSR count). The number of fused-ring (bicyclic) bond motifs is 1. The zero-order chi connectivity index (χ0) is 20.1. The van der Waals surface area contributed by atoms with Crippen molar-refractivity contribution >= 4 is 28.6 Å². The number of hydrogen-bond acceptors (Lipinski definition) is 3. The van der Waals surface area contributed by atoms with E-state index in [1.165, 1.54) is 33.8 Å². The second-order valence-electron chi connectivity index (χ2n) is 7.00. The summed E-state index contributed by atoms with van der Waals surface area (Å²) in [6.07, 6.45) is 2.15. The van der Waals surface area contributed by atoms with Gasteiger partial charge in [0.15, 0.2) is 0 Å². The van der Waals surface area contributed by atoms with Gasteiger partial charge in [-0.2, -0.15) is 0 Å². The maximum Gasteiger partial charge on any atom is 0.316 e. The molecule has 29 heavy (non-hydrogen) atoms. The summed E-state index contributed by atoms with van der Waals surface area (Å²) in [6, 6.07) is 26.5. The lowest BCUT2D eigenvalue weighted by Gasteiger charge is -2.08. The summed E-state index contributed by atoms with van der Waals surface area (Å²) in [4.78, 5) is 13.3. The lowest BCUT2D eigenvalue weighted by Crippen LogP contribution is -2.07. The SMILES string of the molecule is Cc1ccccc1Cn1cc(SCC(=O)OCc2ccccc2)c2ccccc21. The van der Waals surface area contributed by atoms with Crippen LogP contribution >= 0.6 is 11.8 Å². The predicted octanol–water partition coefficient (Wildman–Crippen LogP) is 5.83. The van der Waals surface area contributed by atoms with E-state index in [-0.39, 0.29) is 5.97 Å². The molecule has 0 saturated heterocycles. The number of benzene rings is 3. The minimum atomic E-state index is -0.199. The lowest BCUT2D eigenvalue weighted by molar-refractivity contribution is -0.141. The molecule has 0 bridgehead atoms. The van der Waals surface area contributed by atoms with Crippen LogP contribution in [0.2, 0.25) is 0 Å². The molecule has 0 atom stereocenters. The van der Waals surface area contributed by atoms with E-state index >= 15 is 0 Å². The van der Waals surface area contributed by atoms with Gasteiger partial charge in [0.1, 0.15) is 6.61 Å². The van der Waals surface area contributed by atoms with E-state index in [0.717, 1.165) is 17.0 Å². The average Bonchev–Trinajstić information content (AvgIpc) is 3.11. The molecule has 4 heteroatoms. The van der Waals surface area contributed by atoms with Crippen LogP contribution in [-0.2, 0) is 22.7 Å². The van der Waals surface area contributed by atoms with Crippen LogP contribution in [0.5, 0.6) is 0 Å². The number of nitrogens with zero attached hydrogens (tertiary/aromatic N) is 1. The monoisotopic (exact) mass is 401 g/mol. The van der Waals surface area contributed by atoms with Crippen molar-refractivity contribution < 1.29 is 9.53 Å². The fourth-order valence-electron chi connectivity index (χ4n) is 3.35. The van der Waals surface area contributed by atoms with Crippen molar-refractivity contribution in [2.24, 2.45) is 0 Å². The molecule has 0 amide bonds. The summed E-state index contributed by atoms with van der Waals surface area (Å²) < 4.78 is 7.67. The minimum absolute atomic E-state index is 0.199. The smallest absolute Gasteiger partial charge is 0.316 e. The Hall–Kier alpha value is -2.98. The van der Waals surface area contributed by atoms with E-state index in [9.17, 15) is 4.79 Å². The minimum Gasteiger partial charge on any atom is -0.460 e. The Labute approximate surface area is 175 Å². The van der Waals surface area contributed by atoms with Gasteiger partial charge in [-0.3, -0.25) is 4.79 Å². The third-order valence-corrected chi connectivity index (χ3v) is 5.96. The van der Waals surface area contributed by atoms with Crippen molar-refractivity contribution in [1.29, 1.82) is 0 Å². The highest BCUT2D eigenvalue weighted by Crippen LogP contribution is 2.31. The largest absolute Gasteiger partial charge is 0.460 e. The Morgan fingerprint density at radius 3 is 2.48 bits per heavy atom. The highest BCUT2D eigenvalue weighted by atomic mass is 32.2. The Kier molecular flexibility index (Phi) is 6.01. The quantitative estimate of drug-likeness (QED) is 0.288. The Morgan fingerprint density at radius 2 is 1.66 bits per heavy atom. The van der Waals surface area contributed by atoms with Gasteiger partial charge in [-0.25, -0.2) is 0 Å². The molecular formula is C25H23NO2S. The van der Waals surface area contributed by atoms with Crippen molar-refractivity contribution in [3.8, 4) is 0 Å². The maximum atomic E-state index is 12.2. The van der Waals surface area contributed by atoms with E-state index in [1.807, 2.05) is 36.4 Å². The highest BCUT2D eigenvalue weighted by Gasteiger charge is 2.12. The molecule has 0 aliphatic carbocycles. The standard InChI is InChI=1S/C25H23NO2S/c1-19-9-5-6-12-21(19)15-26-16-24(22-13-7-8-14-23(22)26)29-18-25(27)28-17-20-10-3-2-4-11-20/h2-14,16H,15,17-18H2,1H3. The summed E-state index contributed by atoms with van der Waals surface area (Å²) in [5.74, 6) is 0.0974. The van der Waals surface area contributed by atoms with Crippen LogP contribution in [0.15, 0.2) is 90.0 Å². The van der Waals surface area contributed by atoms with E-state index in [4.69, 9.17) is 4.74 Å². The van der Waals surface area contributed by atoms with Gasteiger partial charge < -0.3 is 9.30 Å². The molecule has 3 aromatic carbocycles. The summed E-state index contributed by atoms with van der Waals surface area (Å²) in [6.45, 7) is 3.26. The van der Waals surface area contributed by atoms with Crippen molar-refractivity contribution in [3.63, 3.8) is 0 Å². The van der Waals surface area contributed by atoms with Gasteiger partial charge in [-0.05, 0) is 29.7 Å². The van der Waals surface area contributed by atoms with Crippen LogP contribution in [0.25, 0.3) is 10.9 Å². The topological polar surface area (TPSA) is 31.2 Å². The van der Waals surface area contributed by atoms with Crippen LogP contribution in [0.3, 0.4) is 0 Å². The number of carbonyl (C=O) groups is 1. The van der Waals surface area contributed by atoms with Gasteiger partial charge in [0.25, 0.3) is 0 Å². The van der Waals surface area contributed by atoms with E-state index in [0.29, 0.717) is 12.4 Å². The maximum absolute atomic E-state index is 12.2. The van der Waals surface area contributed by atoms with Gasteiger partial charge in [0.05, 0.1) is 5.75 Å². The summed E-state index contributed by atoms with van der Waals surface area (Å²) in [7, 11) is 0. The number of para-hydroxylation sites is 1. The van der Waals surface area contributed by atoms with Crippen molar-refractivity contribution in [2.45, 2.75) is 25.0 Å². The zero-order valence-electron chi connectivity index (χ0n) is 16.4. The second kappa shape index (κ2) is 9.01. The van der Waals surface area contributed by atoms with Crippen LogP contribution in [-0.4, -0.2) is 16.3 Å². The Balaban J connectivity index is 1.46. The normalized spacial score (nSPS) is 10.9. The molecule has 1 aromatic heterocycles. The Morgan fingerprint density at radius 1 is 0.931 bits per heavy atom. The van der Waals surface area contributed by atoms with Crippen LogP contribution in [0.4, 0.5) is 0 Å². The molecule has 0 N–H and O–H groups in total. The number of rotatable bonds is 7. The summed E-state index contributed by atoms with van der Waals surface area (Å²) in [5, 5.41) is 1.17. The van der Waals surface area contributed by atoms with Crippen molar-refractivity contribution in [1.82, 2.24) is 4.57 Å². The number of esters is 1. The van der Waals surface area contributed by atoms with Gasteiger partial charge >= 0.3 is 5.97 Å². The number of hydrogen-bond donors (Lipinski definition) is 0. The van der Waals surface area contributed by atoms with E-state index < -0.39 is 0 Å². The average molecular weight is 402 g/mol. The molecule has 4 aromatic rings. The van der Waals surface area contributed by atoms with Crippen LogP contribution < -0.4 is 0 Å². The first-order valence-corrected chi connectivity index (χ1v) is 10.6. The van der Waals surface area contributed by atoms with Gasteiger partial charge in [0, 0.05) is 28.5 Å². The van der Waals surface area contributed by atoms with Crippen molar-refractivity contribution in [3.05, 3.63) is 102 Å². The molecule has 0 saturated carbocycles. The second-order valence-corrected chi connectivity index (χ2v) is 8.02. The molecule has 3 nitrogen and oxygen atoms in total. The third kappa shape index (κ3) is 4.72. The van der Waals surface area contributed by atoms with Gasteiger partial charge in [-0.15, -0.1) is 11.8 Å². The Bertz CT molecular complexity index is 1120. The predicted molar refractivity (Wildman–Crippen MR) is 119 cm³/mol. The lowest BCUT2D eigenvalue weighted by atomic mass is 10.1. The molecule has 0 aliphatic rings.